The average Bonchev–Trinajstić information content (AvgIpc) is 3.18. The number of methoxy groups -OCH3 is 1. The smallest absolute Gasteiger partial charge is 0.337 e. The summed E-state index contributed by atoms with van der Waals surface area (Å²) in [5.41, 5.74) is -0.337. The van der Waals surface area contributed by atoms with Crippen LogP contribution < -0.4 is 10.1 Å². The summed E-state index contributed by atoms with van der Waals surface area (Å²) in [5, 5.41) is 13.4. The Morgan fingerprint density at radius 1 is 1.27 bits per heavy atom. The van der Waals surface area contributed by atoms with Crippen LogP contribution in [0.4, 0.5) is 5.69 Å². The second-order valence-electron chi connectivity index (χ2n) is 5.58. The van der Waals surface area contributed by atoms with Gasteiger partial charge in [-0.2, -0.15) is 0 Å². The van der Waals surface area contributed by atoms with E-state index in [0.717, 1.165) is 25.0 Å². The third-order valence-electron chi connectivity index (χ3n) is 3.83. The van der Waals surface area contributed by atoms with E-state index in [4.69, 9.17) is 4.74 Å². The van der Waals surface area contributed by atoms with Crippen LogP contribution in [-0.4, -0.2) is 61.0 Å². The number of nitrogens with one attached hydrogen (secondary N) is 1. The van der Waals surface area contributed by atoms with E-state index in [1.54, 1.807) is 4.90 Å². The zero-order valence-electron chi connectivity index (χ0n) is 14.2. The second kappa shape index (κ2) is 8.79. The van der Waals surface area contributed by atoms with E-state index in [0.29, 0.717) is 13.1 Å². The van der Waals surface area contributed by atoms with Crippen LogP contribution in [0.5, 0.6) is 5.75 Å². The maximum absolute atomic E-state index is 11.8. The highest BCUT2D eigenvalue weighted by Crippen LogP contribution is 2.28. The fourth-order valence-electron chi connectivity index (χ4n) is 2.47. The van der Waals surface area contributed by atoms with Gasteiger partial charge in [-0.15, -0.1) is 0 Å². The molecule has 0 atom stereocenters. The summed E-state index contributed by atoms with van der Waals surface area (Å²) in [6.45, 7) is 0.667. The highest BCUT2D eigenvalue weighted by Gasteiger charge is 2.21. The van der Waals surface area contributed by atoms with Crippen molar-refractivity contribution in [3.8, 4) is 5.75 Å². The summed E-state index contributed by atoms with van der Waals surface area (Å²) in [6, 6.07) is 3.45. The minimum atomic E-state index is -0.689. The molecule has 0 aromatic heterocycles. The molecule has 10 heteroatoms. The molecule has 1 saturated heterocycles. The number of hydrogen-bond donors (Lipinski definition) is 1. The van der Waals surface area contributed by atoms with Crippen molar-refractivity contribution < 1.29 is 28.8 Å². The van der Waals surface area contributed by atoms with Crippen LogP contribution in [0.25, 0.3) is 0 Å². The van der Waals surface area contributed by atoms with Crippen LogP contribution in [0.3, 0.4) is 0 Å². The molecule has 0 bridgehead atoms. The first-order valence-corrected chi connectivity index (χ1v) is 7.96. The summed E-state index contributed by atoms with van der Waals surface area (Å²) in [6.07, 6.45) is 1.89. The van der Waals surface area contributed by atoms with Gasteiger partial charge in [0.15, 0.2) is 12.4 Å². The predicted octanol–water partition coefficient (Wildman–Crippen LogP) is 0.499. The van der Waals surface area contributed by atoms with Gasteiger partial charge in [0.2, 0.25) is 5.91 Å². The first-order valence-electron chi connectivity index (χ1n) is 7.96. The van der Waals surface area contributed by atoms with E-state index < -0.39 is 29.1 Å². The minimum absolute atomic E-state index is 0.0534. The summed E-state index contributed by atoms with van der Waals surface area (Å²) in [5.74, 6) is -1.71. The maximum Gasteiger partial charge on any atom is 0.337 e. The largest absolute Gasteiger partial charge is 0.477 e. The van der Waals surface area contributed by atoms with Crippen LogP contribution in [0.2, 0.25) is 0 Å². The second-order valence-corrected chi connectivity index (χ2v) is 5.58. The van der Waals surface area contributed by atoms with Gasteiger partial charge >= 0.3 is 11.7 Å². The molecule has 0 radical (unpaired) electrons. The van der Waals surface area contributed by atoms with E-state index in [-0.39, 0.29) is 23.8 Å². The van der Waals surface area contributed by atoms with Crippen LogP contribution in [0, 0.1) is 10.1 Å². The normalized spacial score (nSPS) is 13.2. The van der Waals surface area contributed by atoms with Crippen LogP contribution in [-0.2, 0) is 14.3 Å². The molecule has 1 aromatic rings. The summed E-state index contributed by atoms with van der Waals surface area (Å²) < 4.78 is 9.71. The van der Waals surface area contributed by atoms with Crippen molar-refractivity contribution in [3.05, 3.63) is 33.9 Å². The number of hydrogen-bond acceptors (Lipinski definition) is 7. The number of rotatable bonds is 7. The SMILES string of the molecule is COC(=O)c1ccc([N+](=O)[O-])c(OCC(=O)NCC(=O)N2CCCC2)c1. The number of esters is 1. The van der Waals surface area contributed by atoms with E-state index in [1.807, 2.05) is 0 Å². The first-order chi connectivity index (χ1) is 12.4. The number of nitro benzene ring substituents is 1. The first kappa shape index (κ1) is 19.2. The van der Waals surface area contributed by atoms with Crippen LogP contribution >= 0.6 is 0 Å². The van der Waals surface area contributed by atoms with Crippen molar-refractivity contribution in [3.63, 3.8) is 0 Å². The van der Waals surface area contributed by atoms with Gasteiger partial charge in [-0.25, -0.2) is 4.79 Å². The minimum Gasteiger partial charge on any atom is -0.477 e. The lowest BCUT2D eigenvalue weighted by molar-refractivity contribution is -0.385. The Morgan fingerprint density at radius 2 is 1.96 bits per heavy atom. The molecule has 1 aromatic carbocycles. The van der Waals surface area contributed by atoms with Gasteiger partial charge in [-0.3, -0.25) is 19.7 Å². The Morgan fingerprint density at radius 3 is 2.58 bits per heavy atom. The number of carbonyl (C=O) groups excluding carboxylic acids is 3. The molecule has 140 valence electrons. The van der Waals surface area contributed by atoms with Gasteiger partial charge in [0, 0.05) is 25.2 Å². The van der Waals surface area contributed by atoms with Gasteiger partial charge < -0.3 is 19.7 Å². The van der Waals surface area contributed by atoms with Crippen molar-refractivity contribution in [1.82, 2.24) is 10.2 Å². The molecule has 1 heterocycles. The van der Waals surface area contributed by atoms with Crippen molar-refractivity contribution in [2.75, 3.05) is 33.4 Å². The molecule has 0 saturated carbocycles. The lowest BCUT2D eigenvalue weighted by Crippen LogP contribution is -2.40. The fourth-order valence-corrected chi connectivity index (χ4v) is 2.47. The van der Waals surface area contributed by atoms with Crippen LogP contribution in [0.15, 0.2) is 18.2 Å². The summed E-state index contributed by atoms with van der Waals surface area (Å²) in [4.78, 5) is 47.2. The highest BCUT2D eigenvalue weighted by molar-refractivity contribution is 5.90. The lowest BCUT2D eigenvalue weighted by atomic mass is 10.2. The zero-order valence-corrected chi connectivity index (χ0v) is 14.2. The molecule has 10 nitrogen and oxygen atoms in total. The Balaban J connectivity index is 1.94. The molecule has 26 heavy (non-hydrogen) atoms. The molecule has 1 fully saturated rings. The van der Waals surface area contributed by atoms with Crippen molar-refractivity contribution in [2.45, 2.75) is 12.8 Å². The maximum atomic E-state index is 11.8. The highest BCUT2D eigenvalue weighted by atomic mass is 16.6. The Bertz CT molecular complexity index is 714. The van der Waals surface area contributed by atoms with E-state index >= 15 is 0 Å². The molecular weight excluding hydrogens is 346 g/mol. The molecule has 1 N–H and O–H groups in total. The van der Waals surface area contributed by atoms with E-state index in [2.05, 4.69) is 10.1 Å². The molecule has 0 spiro atoms. The van der Waals surface area contributed by atoms with Crippen LogP contribution in [0.1, 0.15) is 23.2 Å². The zero-order chi connectivity index (χ0) is 19.1. The van der Waals surface area contributed by atoms with Crippen molar-refractivity contribution >= 4 is 23.5 Å². The van der Waals surface area contributed by atoms with Gasteiger partial charge in [-0.1, -0.05) is 0 Å². The number of carbonyl (C=O) groups is 3. The number of nitrogens with zero attached hydrogens (tertiary/aromatic N) is 2. The van der Waals surface area contributed by atoms with Gasteiger partial charge in [0.05, 0.1) is 24.1 Å². The van der Waals surface area contributed by atoms with Gasteiger partial charge in [-0.05, 0) is 18.9 Å². The molecule has 0 unspecified atom stereocenters. The fraction of sp³-hybridized carbons (Fsp3) is 0.438. The number of amides is 2. The van der Waals surface area contributed by atoms with E-state index in [9.17, 15) is 24.5 Å². The summed E-state index contributed by atoms with van der Waals surface area (Å²) in [7, 11) is 1.18. The van der Waals surface area contributed by atoms with Gasteiger partial charge in [0.1, 0.15) is 0 Å². The monoisotopic (exact) mass is 365 g/mol. The van der Waals surface area contributed by atoms with Gasteiger partial charge in [0.25, 0.3) is 5.91 Å². The predicted molar refractivity (Wildman–Crippen MR) is 88.8 cm³/mol. The molecule has 2 rings (SSSR count). The Labute approximate surface area is 149 Å². The van der Waals surface area contributed by atoms with E-state index in [1.165, 1.54) is 13.2 Å². The molecule has 1 aliphatic heterocycles. The standard InChI is InChI=1S/C16H19N3O7/c1-25-16(22)11-4-5-12(19(23)24)13(8-11)26-10-14(20)17-9-15(21)18-6-2-3-7-18/h4-5,8H,2-3,6-7,9-10H2,1H3,(H,17,20). The third kappa shape index (κ3) is 4.91. The van der Waals surface area contributed by atoms with Crippen molar-refractivity contribution in [2.24, 2.45) is 0 Å². The Kier molecular flexibility index (Phi) is 6.48. The number of nitro groups is 1. The average molecular weight is 365 g/mol. The number of ether oxygens (including phenoxy) is 2. The lowest BCUT2D eigenvalue weighted by Gasteiger charge is -2.15. The molecule has 0 aliphatic carbocycles. The summed E-state index contributed by atoms with van der Waals surface area (Å²) >= 11 is 0. The van der Waals surface area contributed by atoms with Crippen molar-refractivity contribution in [1.29, 1.82) is 0 Å². The number of benzene rings is 1. The molecule has 2 amide bonds. The molecular formula is C16H19N3O7. The topological polar surface area (TPSA) is 128 Å². The Hall–Kier alpha value is -3.17. The molecule has 1 aliphatic rings. The number of likely N-dealkylation sites (tertiary alicyclic amines) is 1. The quantitative estimate of drug-likeness (QED) is 0.423. The third-order valence-corrected chi connectivity index (χ3v) is 3.83.